The van der Waals surface area contributed by atoms with Gasteiger partial charge in [-0.1, -0.05) is 39.7 Å². The van der Waals surface area contributed by atoms with Gasteiger partial charge in [0, 0.05) is 11.7 Å². The predicted octanol–water partition coefficient (Wildman–Crippen LogP) is 8.19. The summed E-state index contributed by atoms with van der Waals surface area (Å²) in [7, 11) is 0. The molecule has 0 saturated heterocycles. The first kappa shape index (κ1) is 16.1. The average molecular weight is 383 g/mol. The van der Waals surface area contributed by atoms with Crippen LogP contribution >= 0.6 is 12.6 Å². The van der Waals surface area contributed by atoms with Crippen LogP contribution in [0.5, 0.6) is 0 Å². The lowest BCUT2D eigenvalue weighted by atomic mass is 9.64. The second-order valence-electron chi connectivity index (χ2n) is 9.89. The summed E-state index contributed by atoms with van der Waals surface area (Å²) >= 11 is 4.77. The number of rotatable bonds is 5. The number of hydrogen-bond donors (Lipinski definition) is 1. The Morgan fingerprint density at radius 1 is 1.00 bits per heavy atom. The minimum atomic E-state index is 0.643. The fourth-order valence-electron chi connectivity index (χ4n) is 6.71. The average Bonchev–Trinajstić information content (AvgIpc) is 3.36. The van der Waals surface area contributed by atoms with Crippen LogP contribution in [0.25, 0.3) is 48.7 Å². The Kier molecular flexibility index (Phi) is 2.70. The molecule has 0 spiro atoms. The highest BCUT2D eigenvalue weighted by molar-refractivity contribution is 7.79. The number of fused-ring (bicyclic) bond motifs is 10. The van der Waals surface area contributed by atoms with E-state index in [4.69, 9.17) is 12.6 Å². The zero-order valence-electron chi connectivity index (χ0n) is 17.4. The minimum Gasteiger partial charge on any atom is -0.175 e. The summed E-state index contributed by atoms with van der Waals surface area (Å²) in [5.41, 5.74) is 11.4. The molecule has 1 heteroatoms. The van der Waals surface area contributed by atoms with Crippen molar-refractivity contribution < 1.29 is 0 Å². The van der Waals surface area contributed by atoms with Gasteiger partial charge in [-0.2, -0.15) is 12.6 Å². The first-order chi connectivity index (χ1) is 13.5. The summed E-state index contributed by atoms with van der Waals surface area (Å²) in [6.07, 6.45) is 2.54. The monoisotopic (exact) mass is 382 g/mol. The molecule has 0 aromatic heterocycles. The molecule has 2 aliphatic carbocycles. The molecular formula is C27H26S. The zero-order chi connectivity index (χ0) is 19.2. The van der Waals surface area contributed by atoms with Crippen LogP contribution in [0.3, 0.4) is 0 Å². The molecule has 2 unspecified atom stereocenters. The maximum atomic E-state index is 4.77. The van der Waals surface area contributed by atoms with E-state index in [1.165, 1.54) is 18.4 Å². The van der Waals surface area contributed by atoms with Gasteiger partial charge in [0.15, 0.2) is 0 Å². The maximum absolute atomic E-state index is 4.77. The topological polar surface area (TPSA) is 0 Å². The quantitative estimate of drug-likeness (QED) is 0.291. The van der Waals surface area contributed by atoms with Crippen LogP contribution in [0.1, 0.15) is 70.1 Å². The third kappa shape index (κ3) is 1.42. The number of hydrogen-bond acceptors (Lipinski definition) is 1. The highest BCUT2D eigenvalue weighted by Gasteiger charge is 2.46. The molecule has 140 valence electrons. The second-order valence-corrected chi connectivity index (χ2v) is 10.2. The summed E-state index contributed by atoms with van der Waals surface area (Å²) in [4.78, 5) is 0. The van der Waals surface area contributed by atoms with Gasteiger partial charge >= 0.3 is 0 Å². The molecule has 0 aliphatic heterocycles. The molecule has 2 atom stereocenters. The van der Waals surface area contributed by atoms with E-state index in [1.807, 2.05) is 0 Å². The van der Waals surface area contributed by atoms with Crippen molar-refractivity contribution in [3.05, 3.63) is 39.5 Å². The van der Waals surface area contributed by atoms with Crippen molar-refractivity contribution in [3.63, 3.8) is 0 Å². The Morgan fingerprint density at radius 3 is 2.39 bits per heavy atom. The van der Waals surface area contributed by atoms with Crippen molar-refractivity contribution in [2.75, 3.05) is 0 Å². The Hall–Kier alpha value is -1.73. The van der Waals surface area contributed by atoms with Gasteiger partial charge in [0.05, 0.1) is 0 Å². The van der Waals surface area contributed by atoms with Gasteiger partial charge in [0.25, 0.3) is 0 Å². The van der Waals surface area contributed by atoms with Gasteiger partial charge < -0.3 is 0 Å². The van der Waals surface area contributed by atoms with E-state index in [1.54, 1.807) is 76.5 Å². The van der Waals surface area contributed by atoms with E-state index in [0.717, 1.165) is 11.7 Å². The van der Waals surface area contributed by atoms with Gasteiger partial charge in [-0.25, -0.2) is 0 Å². The van der Waals surface area contributed by atoms with Crippen molar-refractivity contribution in [2.24, 2.45) is 11.8 Å². The van der Waals surface area contributed by atoms with E-state index in [0.29, 0.717) is 11.8 Å². The molecule has 0 fully saturated rings. The normalized spacial score (nSPS) is 21.6. The lowest BCUT2D eigenvalue weighted by Crippen LogP contribution is -2.18. The lowest BCUT2D eigenvalue weighted by Gasteiger charge is -2.39. The second kappa shape index (κ2) is 4.70. The Morgan fingerprint density at radius 2 is 1.71 bits per heavy atom. The van der Waals surface area contributed by atoms with Gasteiger partial charge in [0.2, 0.25) is 0 Å². The van der Waals surface area contributed by atoms with Crippen molar-refractivity contribution >= 4 is 61.3 Å². The molecule has 0 heterocycles. The summed E-state index contributed by atoms with van der Waals surface area (Å²) in [6, 6.07) is 2.44. The predicted molar refractivity (Wildman–Crippen MR) is 126 cm³/mol. The van der Waals surface area contributed by atoms with Gasteiger partial charge in [0.1, 0.15) is 0 Å². The fraction of sp³-hybridized carbons (Fsp3) is 0.407. The van der Waals surface area contributed by atoms with Crippen LogP contribution in [0.15, 0.2) is 22.8 Å². The zero-order valence-corrected chi connectivity index (χ0v) is 18.3. The molecule has 7 rings (SSSR count). The van der Waals surface area contributed by atoms with Crippen molar-refractivity contribution in [2.45, 2.75) is 59.1 Å². The Labute approximate surface area is 171 Å². The van der Waals surface area contributed by atoms with E-state index < -0.39 is 0 Å². The van der Waals surface area contributed by atoms with Crippen LogP contribution in [0.4, 0.5) is 0 Å². The van der Waals surface area contributed by atoms with Crippen LogP contribution in [0.2, 0.25) is 0 Å². The highest BCUT2D eigenvalue weighted by atomic mass is 32.1. The molecule has 0 radical (unpaired) electrons. The molecule has 0 bridgehead atoms. The van der Waals surface area contributed by atoms with E-state index in [9.17, 15) is 0 Å². The van der Waals surface area contributed by atoms with Crippen LogP contribution in [-0.4, -0.2) is 0 Å². The number of benzene rings is 4. The molecule has 0 nitrogen and oxygen atoms in total. The maximum Gasteiger partial charge on any atom is 0.0166 e. The van der Waals surface area contributed by atoms with Gasteiger partial charge in [-0.15, -0.1) is 0 Å². The first-order valence-corrected chi connectivity index (χ1v) is 11.6. The van der Waals surface area contributed by atoms with Gasteiger partial charge in [-0.05, 0) is 108 Å². The molecular weight excluding hydrogens is 356 g/mol. The summed E-state index contributed by atoms with van der Waals surface area (Å²) in [6.45, 7) is 11.8. The summed E-state index contributed by atoms with van der Waals surface area (Å²) in [5, 5.41) is 12.8. The Balaban J connectivity index is 1.46. The van der Waals surface area contributed by atoms with Gasteiger partial charge in [-0.3, -0.25) is 0 Å². The van der Waals surface area contributed by atoms with Crippen LogP contribution < -0.4 is 0 Å². The van der Waals surface area contributed by atoms with E-state index >= 15 is 0 Å². The third-order valence-electron chi connectivity index (χ3n) is 8.42. The van der Waals surface area contributed by atoms with E-state index in [-0.39, 0.29) is 0 Å². The van der Waals surface area contributed by atoms with Crippen LogP contribution in [0, 0.1) is 11.8 Å². The molecule has 28 heavy (non-hydrogen) atoms. The molecule has 5 aromatic rings. The number of allylic oxidation sites excluding steroid dienone is 4. The highest BCUT2D eigenvalue weighted by Crippen LogP contribution is 2.67. The third-order valence-corrected chi connectivity index (χ3v) is 8.73. The molecule has 0 N–H and O–H groups in total. The smallest absolute Gasteiger partial charge is 0.0166 e. The first-order valence-electron chi connectivity index (χ1n) is 11.0. The fourth-order valence-corrected chi connectivity index (χ4v) is 7.02. The summed E-state index contributed by atoms with van der Waals surface area (Å²) in [5.74, 6) is 2.93. The van der Waals surface area contributed by atoms with E-state index in [2.05, 4.69) is 40.7 Å². The largest absolute Gasteiger partial charge is 0.175 e. The van der Waals surface area contributed by atoms with Crippen LogP contribution in [-0.2, 0) is 5.75 Å². The molecule has 2 aliphatic rings. The molecule has 0 saturated carbocycles. The summed E-state index contributed by atoms with van der Waals surface area (Å²) < 4.78 is 0. The van der Waals surface area contributed by atoms with Crippen molar-refractivity contribution in [1.29, 1.82) is 0 Å². The minimum absolute atomic E-state index is 0.643. The Bertz CT molecular complexity index is 1440. The molecule has 0 amide bonds. The van der Waals surface area contributed by atoms with Crippen molar-refractivity contribution in [1.82, 2.24) is 0 Å². The number of thiol groups is 1. The van der Waals surface area contributed by atoms with Crippen molar-refractivity contribution in [3.8, 4) is 0 Å². The molecule has 5 aromatic carbocycles. The standard InChI is InChI=1S/C27H26S/c1-6-11(4)18-15-8-14(15)12(5)19(18)22-17(9-28)23-25-21-16-7-13(10(2)3)20(16)24(21)27(25)26(22)23/h7,10-11,18,28H,6,8-9H2,1-5H3. The SMILES string of the molecule is CCC(C)C1C2=C(C2)C(C)=C1c1c(CS)c2c1c1c3c4c(C(C)C)cc4c3c21. The lowest BCUT2D eigenvalue weighted by molar-refractivity contribution is 0.483.